The Balaban J connectivity index is 2.11. The molecule has 0 spiro atoms. The molecular weight excluding hydrogens is 326 g/mol. The number of hydrogen-bond acceptors (Lipinski definition) is 7. The van der Waals surface area contributed by atoms with Crippen LogP contribution in [0.25, 0.3) is 0 Å². The summed E-state index contributed by atoms with van der Waals surface area (Å²) in [4.78, 5) is 15.3. The second-order valence-electron chi connectivity index (χ2n) is 5.58. The van der Waals surface area contributed by atoms with Gasteiger partial charge in [0, 0.05) is 12.1 Å². The highest BCUT2D eigenvalue weighted by Gasteiger charge is 2.31. The minimum atomic E-state index is -3.83. The standard InChI is InChI=1S/C13H21N3O4S2/c1-20-11(17)10-12(21-9-15-10)22(18,19)16-8-13(14)6-4-2-3-5-7-13/h9,16H,2-8,14H2,1H3. The van der Waals surface area contributed by atoms with Crippen molar-refractivity contribution in [3.8, 4) is 0 Å². The van der Waals surface area contributed by atoms with E-state index in [1.54, 1.807) is 0 Å². The fourth-order valence-corrected chi connectivity index (χ4v) is 4.89. The fourth-order valence-electron chi connectivity index (χ4n) is 2.57. The van der Waals surface area contributed by atoms with Gasteiger partial charge in [-0.2, -0.15) is 0 Å². The molecule has 1 aliphatic rings. The SMILES string of the molecule is COC(=O)c1ncsc1S(=O)(=O)NCC1(N)CCCCCC1. The molecule has 0 radical (unpaired) electrons. The Morgan fingerprint density at radius 3 is 2.64 bits per heavy atom. The molecule has 22 heavy (non-hydrogen) atoms. The first kappa shape index (κ1) is 17.3. The Morgan fingerprint density at radius 1 is 1.41 bits per heavy atom. The van der Waals surface area contributed by atoms with Gasteiger partial charge in [0.05, 0.1) is 12.6 Å². The van der Waals surface area contributed by atoms with Gasteiger partial charge >= 0.3 is 5.97 Å². The maximum atomic E-state index is 12.4. The molecular formula is C13H21N3O4S2. The second-order valence-corrected chi connectivity index (χ2v) is 8.40. The van der Waals surface area contributed by atoms with Crippen LogP contribution in [0.2, 0.25) is 0 Å². The smallest absolute Gasteiger partial charge is 0.358 e. The Hall–Kier alpha value is -1.03. The predicted octanol–water partition coefficient (Wildman–Crippen LogP) is 1.26. The van der Waals surface area contributed by atoms with Gasteiger partial charge in [-0.05, 0) is 12.8 Å². The number of carbonyl (C=O) groups is 1. The Labute approximate surface area is 134 Å². The van der Waals surface area contributed by atoms with Crippen LogP contribution in [0.5, 0.6) is 0 Å². The third kappa shape index (κ3) is 4.03. The van der Waals surface area contributed by atoms with Gasteiger partial charge in [-0.25, -0.2) is 22.9 Å². The van der Waals surface area contributed by atoms with Crippen LogP contribution >= 0.6 is 11.3 Å². The number of hydrogen-bond donors (Lipinski definition) is 2. The quantitative estimate of drug-likeness (QED) is 0.613. The van der Waals surface area contributed by atoms with Crippen molar-refractivity contribution >= 4 is 27.3 Å². The zero-order valence-corrected chi connectivity index (χ0v) is 14.1. The number of ether oxygens (including phenoxy) is 1. The molecule has 1 aromatic rings. The van der Waals surface area contributed by atoms with Gasteiger partial charge in [-0.3, -0.25) is 0 Å². The zero-order valence-electron chi connectivity index (χ0n) is 12.5. The lowest BCUT2D eigenvalue weighted by atomic mass is 9.92. The van der Waals surface area contributed by atoms with Gasteiger partial charge < -0.3 is 10.5 Å². The molecule has 3 N–H and O–H groups in total. The number of nitrogens with zero attached hydrogens (tertiary/aromatic N) is 1. The zero-order chi connectivity index (χ0) is 16.2. The Kier molecular flexibility index (Phi) is 5.54. The molecule has 0 bridgehead atoms. The molecule has 1 aromatic heterocycles. The first-order valence-electron chi connectivity index (χ1n) is 7.18. The first-order valence-corrected chi connectivity index (χ1v) is 9.55. The molecule has 1 heterocycles. The van der Waals surface area contributed by atoms with Crippen LogP contribution in [0.1, 0.15) is 49.0 Å². The topological polar surface area (TPSA) is 111 Å². The molecule has 0 saturated heterocycles. The third-order valence-electron chi connectivity index (χ3n) is 3.87. The van der Waals surface area contributed by atoms with E-state index >= 15 is 0 Å². The van der Waals surface area contributed by atoms with Crippen LogP contribution in [-0.4, -0.2) is 38.6 Å². The van der Waals surface area contributed by atoms with Crippen molar-refractivity contribution in [3.63, 3.8) is 0 Å². The molecule has 0 unspecified atom stereocenters. The van der Waals surface area contributed by atoms with Crippen molar-refractivity contribution in [1.82, 2.24) is 9.71 Å². The normalized spacial score (nSPS) is 18.6. The van der Waals surface area contributed by atoms with E-state index in [0.717, 1.165) is 49.9 Å². The van der Waals surface area contributed by atoms with Crippen LogP contribution in [0.4, 0.5) is 0 Å². The monoisotopic (exact) mass is 347 g/mol. The van der Waals surface area contributed by atoms with Gasteiger partial charge in [0.1, 0.15) is 0 Å². The summed E-state index contributed by atoms with van der Waals surface area (Å²) >= 11 is 0.887. The molecule has 1 fully saturated rings. The Morgan fingerprint density at radius 2 is 2.05 bits per heavy atom. The van der Waals surface area contributed by atoms with E-state index in [2.05, 4.69) is 14.4 Å². The summed E-state index contributed by atoms with van der Waals surface area (Å²) in [5.74, 6) is -0.765. The number of carbonyl (C=O) groups excluding carboxylic acids is 1. The first-order chi connectivity index (χ1) is 10.4. The molecule has 0 aromatic carbocycles. The van der Waals surface area contributed by atoms with Crippen molar-refractivity contribution in [3.05, 3.63) is 11.2 Å². The lowest BCUT2D eigenvalue weighted by Gasteiger charge is -2.28. The fraction of sp³-hybridized carbons (Fsp3) is 0.692. The van der Waals surface area contributed by atoms with E-state index < -0.39 is 21.5 Å². The summed E-state index contributed by atoms with van der Waals surface area (Å²) in [5, 5.41) is 0. The highest BCUT2D eigenvalue weighted by molar-refractivity contribution is 7.91. The summed E-state index contributed by atoms with van der Waals surface area (Å²) in [6, 6.07) is 0. The molecule has 1 aliphatic carbocycles. The predicted molar refractivity (Wildman–Crippen MR) is 83.3 cm³/mol. The summed E-state index contributed by atoms with van der Waals surface area (Å²) in [6.45, 7) is 0.161. The van der Waals surface area contributed by atoms with Gasteiger partial charge in [0.2, 0.25) is 0 Å². The molecule has 9 heteroatoms. The summed E-state index contributed by atoms with van der Waals surface area (Å²) < 4.78 is 31.8. The summed E-state index contributed by atoms with van der Waals surface area (Å²) in [7, 11) is -2.64. The van der Waals surface area contributed by atoms with E-state index in [1.165, 1.54) is 12.6 Å². The molecule has 0 atom stereocenters. The Bertz CT molecular complexity index is 619. The van der Waals surface area contributed by atoms with Crippen LogP contribution in [0, 0.1) is 0 Å². The van der Waals surface area contributed by atoms with Crippen molar-refractivity contribution < 1.29 is 17.9 Å². The summed E-state index contributed by atoms with van der Waals surface area (Å²) in [6.07, 6.45) is 5.86. The number of aromatic nitrogens is 1. The molecule has 0 amide bonds. The molecule has 7 nitrogen and oxygen atoms in total. The number of thiazole rings is 1. The number of esters is 1. The highest BCUT2D eigenvalue weighted by Crippen LogP contribution is 2.26. The average Bonchev–Trinajstić information content (AvgIpc) is 2.89. The minimum Gasteiger partial charge on any atom is -0.464 e. The van der Waals surface area contributed by atoms with E-state index in [1.807, 2.05) is 0 Å². The van der Waals surface area contributed by atoms with E-state index in [-0.39, 0.29) is 16.4 Å². The number of rotatable bonds is 5. The lowest BCUT2D eigenvalue weighted by Crippen LogP contribution is -2.49. The minimum absolute atomic E-state index is 0.128. The molecule has 1 saturated carbocycles. The number of nitrogens with one attached hydrogen (secondary N) is 1. The van der Waals surface area contributed by atoms with Gasteiger partial charge in [0.25, 0.3) is 10.0 Å². The molecule has 2 rings (SSSR count). The van der Waals surface area contributed by atoms with Gasteiger partial charge in [-0.15, -0.1) is 11.3 Å². The highest BCUT2D eigenvalue weighted by atomic mass is 32.2. The van der Waals surface area contributed by atoms with Crippen LogP contribution in [0.15, 0.2) is 9.72 Å². The van der Waals surface area contributed by atoms with Crippen molar-refractivity contribution in [2.75, 3.05) is 13.7 Å². The third-order valence-corrected chi connectivity index (χ3v) is 6.64. The van der Waals surface area contributed by atoms with E-state index in [9.17, 15) is 13.2 Å². The molecule has 124 valence electrons. The maximum absolute atomic E-state index is 12.4. The lowest BCUT2D eigenvalue weighted by molar-refractivity contribution is 0.0590. The van der Waals surface area contributed by atoms with Crippen molar-refractivity contribution in [1.29, 1.82) is 0 Å². The number of nitrogens with two attached hydrogens (primary N) is 1. The van der Waals surface area contributed by atoms with Crippen LogP contribution in [0.3, 0.4) is 0 Å². The van der Waals surface area contributed by atoms with Crippen LogP contribution < -0.4 is 10.5 Å². The summed E-state index contributed by atoms with van der Waals surface area (Å²) in [5.41, 5.74) is 6.91. The maximum Gasteiger partial charge on any atom is 0.358 e. The van der Waals surface area contributed by atoms with Crippen molar-refractivity contribution in [2.45, 2.75) is 48.3 Å². The van der Waals surface area contributed by atoms with Gasteiger partial charge in [-0.1, -0.05) is 25.7 Å². The second kappa shape index (κ2) is 7.03. The van der Waals surface area contributed by atoms with Crippen molar-refractivity contribution in [2.24, 2.45) is 5.73 Å². The average molecular weight is 347 g/mol. The van der Waals surface area contributed by atoms with E-state index in [4.69, 9.17) is 5.73 Å². The van der Waals surface area contributed by atoms with Gasteiger partial charge in [0.15, 0.2) is 9.90 Å². The molecule has 0 aliphatic heterocycles. The number of sulfonamides is 1. The van der Waals surface area contributed by atoms with E-state index in [0.29, 0.717) is 0 Å². The van der Waals surface area contributed by atoms with Crippen LogP contribution in [-0.2, 0) is 14.8 Å². The number of methoxy groups -OCH3 is 1. The largest absolute Gasteiger partial charge is 0.464 e.